The van der Waals surface area contributed by atoms with Crippen molar-refractivity contribution >= 4 is 23.4 Å². The first-order chi connectivity index (χ1) is 15.0. The lowest BCUT2D eigenvalue weighted by Crippen LogP contribution is -2.46. The molecule has 1 heterocycles. The summed E-state index contributed by atoms with van der Waals surface area (Å²) in [5.41, 5.74) is 1.56. The quantitative estimate of drug-likeness (QED) is 0.581. The first-order valence-corrected chi connectivity index (χ1v) is 10.0. The molecule has 2 atom stereocenters. The van der Waals surface area contributed by atoms with E-state index >= 15 is 0 Å². The second-order valence-corrected chi connectivity index (χ2v) is 7.43. The van der Waals surface area contributed by atoms with Gasteiger partial charge in [-0.2, -0.15) is 0 Å². The number of carbonyl (C=O) groups is 3. The molecule has 3 aromatic carbocycles. The van der Waals surface area contributed by atoms with Crippen LogP contribution in [0.2, 0.25) is 0 Å². The lowest BCUT2D eigenvalue weighted by molar-refractivity contribution is -0.122. The fourth-order valence-electron chi connectivity index (χ4n) is 3.90. The highest BCUT2D eigenvalue weighted by Crippen LogP contribution is 2.32. The maximum absolute atomic E-state index is 13.5. The van der Waals surface area contributed by atoms with Gasteiger partial charge in [0.05, 0.1) is 18.2 Å². The van der Waals surface area contributed by atoms with Crippen LogP contribution in [0.5, 0.6) is 0 Å². The molecule has 1 aliphatic rings. The van der Waals surface area contributed by atoms with Crippen LogP contribution in [0, 0.1) is 5.82 Å². The van der Waals surface area contributed by atoms with Crippen LogP contribution in [-0.4, -0.2) is 28.7 Å². The SMILES string of the molecule is CC(c1ccccc1)N(C(=O)c1ccc(F)cc1)C1CC(=O)N(c2ccccc2)C1=O. The lowest BCUT2D eigenvalue weighted by Gasteiger charge is -2.33. The van der Waals surface area contributed by atoms with E-state index in [1.807, 2.05) is 37.3 Å². The number of para-hydroxylation sites is 1. The van der Waals surface area contributed by atoms with Gasteiger partial charge in [0.2, 0.25) is 5.91 Å². The average Bonchev–Trinajstić information content (AvgIpc) is 3.09. The van der Waals surface area contributed by atoms with Crippen LogP contribution in [0.3, 0.4) is 0 Å². The molecule has 0 N–H and O–H groups in total. The fourth-order valence-corrected chi connectivity index (χ4v) is 3.90. The Hall–Kier alpha value is -3.80. The number of hydrogen-bond donors (Lipinski definition) is 0. The topological polar surface area (TPSA) is 57.7 Å². The minimum atomic E-state index is -0.958. The van der Waals surface area contributed by atoms with E-state index in [9.17, 15) is 18.8 Å². The predicted molar refractivity (Wildman–Crippen MR) is 115 cm³/mol. The van der Waals surface area contributed by atoms with Crippen LogP contribution in [0.4, 0.5) is 10.1 Å². The zero-order valence-corrected chi connectivity index (χ0v) is 16.9. The summed E-state index contributed by atoms with van der Waals surface area (Å²) in [6, 6.07) is 21.7. The predicted octanol–water partition coefficient (Wildman–Crippen LogP) is 4.36. The fraction of sp³-hybridized carbons (Fsp3) is 0.160. The summed E-state index contributed by atoms with van der Waals surface area (Å²) in [4.78, 5) is 42.2. The van der Waals surface area contributed by atoms with Gasteiger partial charge in [-0.1, -0.05) is 48.5 Å². The van der Waals surface area contributed by atoms with E-state index < -0.39 is 29.7 Å². The van der Waals surface area contributed by atoms with E-state index in [-0.39, 0.29) is 17.9 Å². The highest BCUT2D eigenvalue weighted by molar-refractivity contribution is 6.23. The van der Waals surface area contributed by atoms with E-state index in [0.717, 1.165) is 10.5 Å². The van der Waals surface area contributed by atoms with Crippen LogP contribution in [0.1, 0.15) is 35.3 Å². The van der Waals surface area contributed by atoms with Gasteiger partial charge in [0.1, 0.15) is 11.9 Å². The molecule has 1 fully saturated rings. The molecule has 5 nitrogen and oxygen atoms in total. The average molecular weight is 416 g/mol. The minimum Gasteiger partial charge on any atom is -0.319 e. The zero-order chi connectivity index (χ0) is 22.0. The smallest absolute Gasteiger partial charge is 0.257 e. The van der Waals surface area contributed by atoms with Crippen molar-refractivity contribution in [1.82, 2.24) is 4.90 Å². The Labute approximate surface area is 179 Å². The van der Waals surface area contributed by atoms with Gasteiger partial charge in [0.15, 0.2) is 0 Å². The third kappa shape index (κ3) is 3.97. The summed E-state index contributed by atoms with van der Waals surface area (Å²) in [7, 11) is 0. The number of hydrogen-bond acceptors (Lipinski definition) is 3. The first-order valence-electron chi connectivity index (χ1n) is 10.0. The van der Waals surface area contributed by atoms with Crippen LogP contribution < -0.4 is 4.90 Å². The van der Waals surface area contributed by atoms with E-state index in [4.69, 9.17) is 0 Å². The van der Waals surface area contributed by atoms with Crippen molar-refractivity contribution in [2.45, 2.75) is 25.4 Å². The lowest BCUT2D eigenvalue weighted by atomic mass is 10.0. The van der Waals surface area contributed by atoms with E-state index in [1.54, 1.807) is 30.3 Å². The molecule has 0 radical (unpaired) electrons. The molecule has 1 saturated heterocycles. The molecule has 2 unspecified atom stereocenters. The van der Waals surface area contributed by atoms with Gasteiger partial charge in [0.25, 0.3) is 11.8 Å². The molecule has 0 bridgehead atoms. The molecule has 0 aromatic heterocycles. The van der Waals surface area contributed by atoms with Gasteiger partial charge in [0, 0.05) is 5.56 Å². The van der Waals surface area contributed by atoms with Crippen molar-refractivity contribution in [3.63, 3.8) is 0 Å². The van der Waals surface area contributed by atoms with Crippen molar-refractivity contribution in [2.24, 2.45) is 0 Å². The van der Waals surface area contributed by atoms with E-state index in [0.29, 0.717) is 5.69 Å². The Balaban J connectivity index is 1.74. The minimum absolute atomic E-state index is 0.113. The van der Waals surface area contributed by atoms with Crippen LogP contribution in [-0.2, 0) is 9.59 Å². The Morgan fingerprint density at radius 2 is 1.52 bits per heavy atom. The number of anilines is 1. The van der Waals surface area contributed by atoms with Crippen LogP contribution in [0.25, 0.3) is 0 Å². The molecule has 3 amide bonds. The molecule has 3 aromatic rings. The molecular weight excluding hydrogens is 395 g/mol. The largest absolute Gasteiger partial charge is 0.319 e. The summed E-state index contributed by atoms with van der Waals surface area (Å²) >= 11 is 0. The molecular formula is C25H21FN2O3. The summed E-state index contributed by atoms with van der Waals surface area (Å²) < 4.78 is 13.4. The number of halogens is 1. The van der Waals surface area contributed by atoms with E-state index in [1.165, 1.54) is 29.2 Å². The third-order valence-corrected chi connectivity index (χ3v) is 5.50. The van der Waals surface area contributed by atoms with Crippen LogP contribution in [0.15, 0.2) is 84.9 Å². The zero-order valence-electron chi connectivity index (χ0n) is 16.9. The normalized spacial score (nSPS) is 17.0. The van der Waals surface area contributed by atoms with Gasteiger partial charge in [-0.15, -0.1) is 0 Å². The second-order valence-electron chi connectivity index (χ2n) is 7.43. The molecule has 0 aliphatic carbocycles. The van der Waals surface area contributed by atoms with Crippen molar-refractivity contribution in [2.75, 3.05) is 4.90 Å². The standard InChI is InChI=1S/C25H21FN2O3/c1-17(18-8-4-2-5-9-18)27(24(30)19-12-14-20(26)15-13-19)22-16-23(29)28(25(22)31)21-10-6-3-7-11-21/h2-15,17,22H,16H2,1H3. The second kappa shape index (κ2) is 8.52. The summed E-state index contributed by atoms with van der Waals surface area (Å²) in [5, 5.41) is 0. The molecule has 1 aliphatic heterocycles. The van der Waals surface area contributed by atoms with Gasteiger partial charge in [-0.3, -0.25) is 14.4 Å². The highest BCUT2D eigenvalue weighted by Gasteiger charge is 2.46. The molecule has 4 rings (SSSR count). The third-order valence-electron chi connectivity index (χ3n) is 5.50. The molecule has 156 valence electrons. The molecule has 0 saturated carbocycles. The van der Waals surface area contributed by atoms with Gasteiger partial charge < -0.3 is 4.90 Å². The van der Waals surface area contributed by atoms with Gasteiger partial charge in [-0.25, -0.2) is 9.29 Å². The number of nitrogens with zero attached hydrogens (tertiary/aromatic N) is 2. The number of rotatable bonds is 5. The Bertz CT molecular complexity index is 1100. The van der Waals surface area contributed by atoms with Crippen LogP contribution >= 0.6 is 0 Å². The first kappa shape index (κ1) is 20.5. The highest BCUT2D eigenvalue weighted by atomic mass is 19.1. The monoisotopic (exact) mass is 416 g/mol. The summed E-state index contributed by atoms with van der Waals surface area (Å²) in [5.74, 6) is -1.70. The van der Waals surface area contributed by atoms with Crippen molar-refractivity contribution in [3.05, 3.63) is 102 Å². The Morgan fingerprint density at radius 3 is 2.13 bits per heavy atom. The van der Waals surface area contributed by atoms with Crippen molar-refractivity contribution in [1.29, 1.82) is 0 Å². The Kier molecular flexibility index (Phi) is 5.62. The number of carbonyl (C=O) groups excluding carboxylic acids is 3. The number of imide groups is 1. The maximum atomic E-state index is 13.5. The number of amides is 3. The van der Waals surface area contributed by atoms with Gasteiger partial charge in [-0.05, 0) is 48.9 Å². The van der Waals surface area contributed by atoms with E-state index in [2.05, 4.69) is 0 Å². The Morgan fingerprint density at radius 1 is 0.935 bits per heavy atom. The van der Waals surface area contributed by atoms with Gasteiger partial charge >= 0.3 is 0 Å². The van der Waals surface area contributed by atoms with Crippen molar-refractivity contribution in [3.8, 4) is 0 Å². The number of benzene rings is 3. The van der Waals surface area contributed by atoms with Crippen molar-refractivity contribution < 1.29 is 18.8 Å². The maximum Gasteiger partial charge on any atom is 0.257 e. The summed E-state index contributed by atoms with van der Waals surface area (Å²) in [6.45, 7) is 1.82. The molecule has 6 heteroatoms. The molecule has 0 spiro atoms. The summed E-state index contributed by atoms with van der Waals surface area (Å²) in [6.07, 6.45) is -0.113. The molecule has 31 heavy (non-hydrogen) atoms.